The van der Waals surface area contributed by atoms with Crippen LogP contribution in [0, 0.1) is 0 Å². The summed E-state index contributed by atoms with van der Waals surface area (Å²) in [6.45, 7) is 2.11. The Hall–Kier alpha value is -3.41. The molecule has 0 saturated heterocycles. The van der Waals surface area contributed by atoms with Crippen LogP contribution in [-0.2, 0) is 6.42 Å². The summed E-state index contributed by atoms with van der Waals surface area (Å²) in [7, 11) is 0. The van der Waals surface area contributed by atoms with Crippen LogP contribution in [0.2, 0.25) is 0 Å². The van der Waals surface area contributed by atoms with Crippen LogP contribution in [0.5, 0.6) is 0 Å². The molecule has 0 unspecified atom stereocenters. The van der Waals surface area contributed by atoms with Crippen molar-refractivity contribution in [3.05, 3.63) is 65.9 Å². The lowest BCUT2D eigenvalue weighted by Crippen LogP contribution is -2.12. The molecule has 124 valence electrons. The Balaban J connectivity index is 1.55. The highest BCUT2D eigenvalue weighted by molar-refractivity contribution is 6.10. The molecule has 2 N–H and O–H groups in total. The Morgan fingerprint density at radius 1 is 1.16 bits per heavy atom. The van der Waals surface area contributed by atoms with E-state index in [2.05, 4.69) is 39.7 Å². The third-order valence-electron chi connectivity index (χ3n) is 4.09. The van der Waals surface area contributed by atoms with E-state index >= 15 is 0 Å². The van der Waals surface area contributed by atoms with E-state index in [4.69, 9.17) is 4.52 Å². The number of carbonyl (C=O) groups excluding carboxylic acids is 1. The number of aromatic amines is 1. The second-order valence-corrected chi connectivity index (χ2v) is 5.70. The number of fused-ring (bicyclic) bond motifs is 1. The zero-order valence-corrected chi connectivity index (χ0v) is 13.6. The molecule has 0 aliphatic heterocycles. The van der Waals surface area contributed by atoms with Gasteiger partial charge in [-0.25, -0.2) is 0 Å². The van der Waals surface area contributed by atoms with Gasteiger partial charge in [0.1, 0.15) is 5.69 Å². The number of anilines is 1. The molecular formula is C19H16N4O2. The molecule has 0 aliphatic carbocycles. The number of rotatable bonds is 4. The van der Waals surface area contributed by atoms with E-state index in [1.54, 1.807) is 6.07 Å². The lowest BCUT2D eigenvalue weighted by Gasteiger charge is -1.98. The van der Waals surface area contributed by atoms with E-state index < -0.39 is 0 Å². The summed E-state index contributed by atoms with van der Waals surface area (Å²) in [6.07, 6.45) is 0.984. The average molecular weight is 332 g/mol. The average Bonchev–Trinajstić information content (AvgIpc) is 3.28. The molecule has 2 aromatic carbocycles. The SMILES string of the molecule is CCc1ccc(-c2cc(NC(=O)c3n[nH]c4ccccc34)on2)cc1. The van der Waals surface area contributed by atoms with Crippen molar-refractivity contribution in [1.29, 1.82) is 0 Å². The predicted molar refractivity (Wildman–Crippen MR) is 95.4 cm³/mol. The molecule has 0 saturated carbocycles. The first-order valence-electron chi connectivity index (χ1n) is 8.05. The minimum absolute atomic E-state index is 0.284. The number of benzene rings is 2. The molecule has 2 heterocycles. The van der Waals surface area contributed by atoms with Crippen LogP contribution in [0.1, 0.15) is 23.0 Å². The number of aryl methyl sites for hydroxylation is 1. The molecule has 1 amide bonds. The molecular weight excluding hydrogens is 316 g/mol. The third-order valence-corrected chi connectivity index (χ3v) is 4.09. The van der Waals surface area contributed by atoms with Gasteiger partial charge in [-0.1, -0.05) is 54.5 Å². The molecule has 0 fully saturated rings. The van der Waals surface area contributed by atoms with Crippen molar-refractivity contribution in [3.63, 3.8) is 0 Å². The number of aromatic nitrogens is 3. The van der Waals surface area contributed by atoms with Gasteiger partial charge >= 0.3 is 0 Å². The Morgan fingerprint density at radius 2 is 1.96 bits per heavy atom. The maximum Gasteiger partial charge on any atom is 0.279 e. The van der Waals surface area contributed by atoms with Gasteiger partial charge in [0.2, 0.25) is 5.88 Å². The van der Waals surface area contributed by atoms with E-state index in [9.17, 15) is 4.79 Å². The first-order chi connectivity index (χ1) is 12.2. The van der Waals surface area contributed by atoms with Crippen LogP contribution in [0.4, 0.5) is 5.88 Å². The van der Waals surface area contributed by atoms with E-state index in [-0.39, 0.29) is 11.8 Å². The molecule has 4 aromatic rings. The van der Waals surface area contributed by atoms with Crippen molar-refractivity contribution >= 4 is 22.7 Å². The van der Waals surface area contributed by atoms with Gasteiger partial charge in [-0.15, -0.1) is 0 Å². The van der Waals surface area contributed by atoms with E-state index in [1.165, 1.54) is 5.56 Å². The second-order valence-electron chi connectivity index (χ2n) is 5.70. The van der Waals surface area contributed by atoms with Crippen LogP contribution >= 0.6 is 0 Å². The minimum Gasteiger partial charge on any atom is -0.338 e. The van der Waals surface area contributed by atoms with Crippen LogP contribution in [-0.4, -0.2) is 21.3 Å². The number of nitrogens with one attached hydrogen (secondary N) is 2. The number of H-pyrrole nitrogens is 1. The lowest BCUT2D eigenvalue weighted by atomic mass is 10.1. The largest absolute Gasteiger partial charge is 0.338 e. The van der Waals surface area contributed by atoms with E-state index in [0.29, 0.717) is 11.4 Å². The smallest absolute Gasteiger partial charge is 0.279 e. The van der Waals surface area contributed by atoms with E-state index in [0.717, 1.165) is 22.9 Å². The number of para-hydroxylation sites is 1. The fraction of sp³-hybridized carbons (Fsp3) is 0.105. The molecule has 0 radical (unpaired) electrons. The molecule has 6 nitrogen and oxygen atoms in total. The highest BCUT2D eigenvalue weighted by Crippen LogP contribution is 2.23. The summed E-state index contributed by atoms with van der Waals surface area (Å²) in [5.41, 5.74) is 3.99. The maximum atomic E-state index is 12.4. The lowest BCUT2D eigenvalue weighted by molar-refractivity contribution is 0.102. The number of nitrogens with zero attached hydrogens (tertiary/aromatic N) is 2. The maximum absolute atomic E-state index is 12.4. The first-order valence-corrected chi connectivity index (χ1v) is 8.05. The summed E-state index contributed by atoms with van der Waals surface area (Å²) in [6, 6.07) is 17.2. The van der Waals surface area contributed by atoms with Crippen molar-refractivity contribution in [3.8, 4) is 11.3 Å². The summed E-state index contributed by atoms with van der Waals surface area (Å²) in [5, 5.41) is 14.4. The summed E-state index contributed by atoms with van der Waals surface area (Å²) in [4.78, 5) is 12.4. The van der Waals surface area contributed by atoms with Crippen molar-refractivity contribution in [2.24, 2.45) is 0 Å². The fourth-order valence-corrected chi connectivity index (χ4v) is 2.69. The van der Waals surface area contributed by atoms with Crippen molar-refractivity contribution < 1.29 is 9.32 Å². The second kappa shape index (κ2) is 6.24. The number of carbonyl (C=O) groups is 1. The third kappa shape index (κ3) is 2.89. The molecule has 6 heteroatoms. The normalized spacial score (nSPS) is 10.9. The van der Waals surface area contributed by atoms with Gasteiger partial charge in [-0.2, -0.15) is 5.10 Å². The molecule has 0 spiro atoms. The molecule has 0 aliphatic rings. The monoisotopic (exact) mass is 332 g/mol. The van der Waals surface area contributed by atoms with Gasteiger partial charge in [0, 0.05) is 17.0 Å². The molecule has 25 heavy (non-hydrogen) atoms. The summed E-state index contributed by atoms with van der Waals surface area (Å²) < 4.78 is 5.24. The molecule has 0 bridgehead atoms. The highest BCUT2D eigenvalue weighted by Gasteiger charge is 2.16. The van der Waals surface area contributed by atoms with Crippen LogP contribution in [0.3, 0.4) is 0 Å². The summed E-state index contributed by atoms with van der Waals surface area (Å²) >= 11 is 0. The number of hydrogen-bond acceptors (Lipinski definition) is 4. The van der Waals surface area contributed by atoms with Crippen LogP contribution in [0.15, 0.2) is 59.1 Å². The standard InChI is InChI=1S/C19H16N4O2/c1-2-12-7-9-13(10-8-12)16-11-17(25-23-16)20-19(24)18-14-5-3-4-6-15(14)21-22-18/h3-11H,2H2,1H3,(H,20,24)(H,21,22). The van der Waals surface area contributed by atoms with Crippen LogP contribution in [0.25, 0.3) is 22.2 Å². The Kier molecular flexibility index (Phi) is 3.78. The van der Waals surface area contributed by atoms with Crippen molar-refractivity contribution in [1.82, 2.24) is 15.4 Å². The Labute approximate surface area is 143 Å². The van der Waals surface area contributed by atoms with Gasteiger partial charge in [-0.3, -0.25) is 15.2 Å². The van der Waals surface area contributed by atoms with Crippen molar-refractivity contribution in [2.45, 2.75) is 13.3 Å². The first kappa shape index (κ1) is 15.1. The Morgan fingerprint density at radius 3 is 2.76 bits per heavy atom. The van der Waals surface area contributed by atoms with E-state index in [1.807, 2.05) is 36.4 Å². The quantitative estimate of drug-likeness (QED) is 0.591. The van der Waals surface area contributed by atoms with Crippen molar-refractivity contribution in [2.75, 3.05) is 5.32 Å². The fourth-order valence-electron chi connectivity index (χ4n) is 2.69. The molecule has 0 atom stereocenters. The Bertz CT molecular complexity index is 1030. The highest BCUT2D eigenvalue weighted by atomic mass is 16.5. The summed E-state index contributed by atoms with van der Waals surface area (Å²) in [5.74, 6) is -0.0619. The van der Waals surface area contributed by atoms with Gasteiger partial charge in [-0.05, 0) is 18.1 Å². The molecule has 4 rings (SSSR count). The number of hydrogen-bond donors (Lipinski definition) is 2. The zero-order valence-electron chi connectivity index (χ0n) is 13.6. The topological polar surface area (TPSA) is 83.8 Å². The number of amides is 1. The van der Waals surface area contributed by atoms with Gasteiger partial charge < -0.3 is 4.52 Å². The molecule has 2 aromatic heterocycles. The zero-order chi connectivity index (χ0) is 17.2. The predicted octanol–water partition coefficient (Wildman–Crippen LogP) is 4.03. The minimum atomic E-state index is -0.346. The van der Waals surface area contributed by atoms with Crippen LogP contribution < -0.4 is 5.32 Å². The van der Waals surface area contributed by atoms with Gasteiger partial charge in [0.25, 0.3) is 5.91 Å². The van der Waals surface area contributed by atoms with Gasteiger partial charge in [0.05, 0.1) is 5.52 Å². The van der Waals surface area contributed by atoms with Gasteiger partial charge in [0.15, 0.2) is 5.69 Å².